The normalized spacial score (nSPS) is 15.4. The summed E-state index contributed by atoms with van der Waals surface area (Å²) in [7, 11) is 0.998. The van der Waals surface area contributed by atoms with Gasteiger partial charge in [-0.15, -0.1) is 0 Å². The number of alkyl halides is 3. The van der Waals surface area contributed by atoms with Crippen molar-refractivity contribution in [1.29, 1.82) is 0 Å². The summed E-state index contributed by atoms with van der Waals surface area (Å²) in [5.41, 5.74) is -2.93. The summed E-state index contributed by atoms with van der Waals surface area (Å²) in [6, 6.07) is 1.23. The first-order valence-corrected chi connectivity index (χ1v) is 6.56. The van der Waals surface area contributed by atoms with E-state index in [9.17, 15) is 28.1 Å². The van der Waals surface area contributed by atoms with Crippen molar-refractivity contribution in [3.63, 3.8) is 0 Å². The van der Waals surface area contributed by atoms with Gasteiger partial charge in [0, 0.05) is 19.2 Å². The van der Waals surface area contributed by atoms with Gasteiger partial charge in [-0.05, 0) is 6.07 Å². The van der Waals surface area contributed by atoms with Crippen LogP contribution in [0.3, 0.4) is 0 Å². The number of carbonyl (C=O) groups is 1. The van der Waals surface area contributed by atoms with Crippen LogP contribution >= 0.6 is 0 Å². The van der Waals surface area contributed by atoms with Gasteiger partial charge in [-0.2, -0.15) is 13.2 Å². The second-order valence-corrected chi connectivity index (χ2v) is 4.73. The van der Waals surface area contributed by atoms with Crippen molar-refractivity contribution in [3.05, 3.63) is 33.4 Å². The Morgan fingerprint density at radius 2 is 1.96 bits per heavy atom. The van der Waals surface area contributed by atoms with Crippen molar-refractivity contribution in [2.75, 3.05) is 38.3 Å². The number of halogens is 3. The molecule has 1 heterocycles. The highest BCUT2D eigenvalue weighted by atomic mass is 19.4. The largest absolute Gasteiger partial charge is 0.465 e. The lowest BCUT2D eigenvalue weighted by Gasteiger charge is -2.31. The van der Waals surface area contributed by atoms with E-state index >= 15 is 0 Å². The van der Waals surface area contributed by atoms with Gasteiger partial charge in [-0.3, -0.25) is 10.1 Å². The molecule has 0 aromatic heterocycles. The zero-order valence-electron chi connectivity index (χ0n) is 12.1. The van der Waals surface area contributed by atoms with E-state index in [1.165, 1.54) is 4.90 Å². The lowest BCUT2D eigenvalue weighted by Crippen LogP contribution is -2.37. The molecule has 0 radical (unpaired) electrons. The van der Waals surface area contributed by atoms with Gasteiger partial charge in [0.1, 0.15) is 5.56 Å². The van der Waals surface area contributed by atoms with Crippen LogP contribution in [0.4, 0.5) is 24.5 Å². The molecule has 0 spiro atoms. The van der Waals surface area contributed by atoms with Crippen LogP contribution in [0.1, 0.15) is 15.9 Å². The quantitative estimate of drug-likeness (QED) is 0.479. The fraction of sp³-hybridized carbons (Fsp3) is 0.462. The molecule has 23 heavy (non-hydrogen) atoms. The monoisotopic (exact) mass is 334 g/mol. The molecule has 0 aliphatic carbocycles. The summed E-state index contributed by atoms with van der Waals surface area (Å²) in [4.78, 5) is 23.0. The van der Waals surface area contributed by atoms with Crippen LogP contribution in [-0.2, 0) is 15.7 Å². The Morgan fingerprint density at radius 3 is 2.43 bits per heavy atom. The number of nitro groups is 1. The minimum atomic E-state index is -4.80. The summed E-state index contributed by atoms with van der Waals surface area (Å²) >= 11 is 0. The van der Waals surface area contributed by atoms with Crippen molar-refractivity contribution in [1.82, 2.24) is 0 Å². The number of esters is 1. The Hall–Kier alpha value is -2.36. The molecule has 0 bridgehead atoms. The molecule has 10 heteroatoms. The molecule has 1 saturated heterocycles. The number of methoxy groups -OCH3 is 1. The summed E-state index contributed by atoms with van der Waals surface area (Å²) < 4.78 is 49.3. The number of nitro benzene ring substituents is 1. The van der Waals surface area contributed by atoms with Crippen molar-refractivity contribution in [2.45, 2.75) is 6.18 Å². The maximum Gasteiger partial charge on any atom is 0.418 e. The third-order valence-corrected chi connectivity index (χ3v) is 3.37. The summed E-state index contributed by atoms with van der Waals surface area (Å²) in [6.45, 7) is 0.812. The maximum absolute atomic E-state index is 13.3. The molecular weight excluding hydrogens is 321 g/mol. The van der Waals surface area contributed by atoms with Crippen molar-refractivity contribution >= 4 is 17.3 Å². The second-order valence-electron chi connectivity index (χ2n) is 4.73. The number of hydrogen-bond acceptors (Lipinski definition) is 6. The Bertz CT molecular complexity index is 627. The minimum absolute atomic E-state index is 0.182. The molecule has 2 rings (SSSR count). The van der Waals surface area contributed by atoms with Crippen molar-refractivity contribution in [3.8, 4) is 0 Å². The number of benzene rings is 1. The first-order chi connectivity index (χ1) is 10.8. The Kier molecular flexibility index (Phi) is 4.73. The molecule has 0 atom stereocenters. The molecule has 1 aromatic rings. The molecule has 7 nitrogen and oxygen atoms in total. The Labute approximate surface area is 128 Å². The summed E-state index contributed by atoms with van der Waals surface area (Å²) in [5.74, 6) is -1.07. The Morgan fingerprint density at radius 1 is 1.35 bits per heavy atom. The van der Waals surface area contributed by atoms with E-state index in [0.29, 0.717) is 6.07 Å². The predicted molar refractivity (Wildman–Crippen MR) is 72.5 cm³/mol. The first kappa shape index (κ1) is 17.0. The van der Waals surface area contributed by atoms with Crippen LogP contribution in [0.25, 0.3) is 0 Å². The van der Waals surface area contributed by atoms with Crippen LogP contribution in [0.2, 0.25) is 0 Å². The molecule has 0 N–H and O–H groups in total. The van der Waals surface area contributed by atoms with Gasteiger partial charge < -0.3 is 14.4 Å². The topological polar surface area (TPSA) is 81.9 Å². The average Bonchev–Trinajstić information content (AvgIpc) is 2.52. The van der Waals surface area contributed by atoms with Gasteiger partial charge in [0.25, 0.3) is 5.69 Å². The molecule has 1 aliphatic heterocycles. The van der Waals surface area contributed by atoms with E-state index in [4.69, 9.17) is 4.74 Å². The highest BCUT2D eigenvalue weighted by Crippen LogP contribution is 2.40. The summed E-state index contributed by atoms with van der Waals surface area (Å²) in [5, 5.41) is 11.0. The summed E-state index contributed by atoms with van der Waals surface area (Å²) in [6.07, 6.45) is -4.80. The molecule has 1 aliphatic rings. The van der Waals surface area contributed by atoms with E-state index in [-0.39, 0.29) is 32.0 Å². The number of hydrogen-bond donors (Lipinski definition) is 0. The van der Waals surface area contributed by atoms with E-state index in [0.717, 1.165) is 13.2 Å². The predicted octanol–water partition coefficient (Wildman–Crippen LogP) is 2.24. The fourth-order valence-electron chi connectivity index (χ4n) is 2.29. The van der Waals surface area contributed by atoms with E-state index in [1.807, 2.05) is 0 Å². The average molecular weight is 334 g/mol. The van der Waals surface area contributed by atoms with E-state index < -0.39 is 33.9 Å². The van der Waals surface area contributed by atoms with E-state index in [2.05, 4.69) is 4.74 Å². The van der Waals surface area contributed by atoms with Gasteiger partial charge in [-0.1, -0.05) is 0 Å². The molecule has 0 unspecified atom stereocenters. The van der Waals surface area contributed by atoms with Crippen LogP contribution in [0.15, 0.2) is 12.1 Å². The van der Waals surface area contributed by atoms with Gasteiger partial charge in [0.05, 0.1) is 36.5 Å². The molecule has 1 aromatic carbocycles. The number of rotatable bonds is 3. The van der Waals surface area contributed by atoms with Gasteiger partial charge in [-0.25, -0.2) is 4.79 Å². The first-order valence-electron chi connectivity index (χ1n) is 6.56. The van der Waals surface area contributed by atoms with Crippen molar-refractivity contribution < 1.29 is 32.4 Å². The fourth-order valence-corrected chi connectivity index (χ4v) is 2.29. The molecule has 0 amide bonds. The van der Waals surface area contributed by atoms with Gasteiger partial charge in [0.2, 0.25) is 0 Å². The third kappa shape index (κ3) is 3.52. The Balaban J connectivity index is 2.66. The lowest BCUT2D eigenvalue weighted by atomic mass is 10.0. The third-order valence-electron chi connectivity index (χ3n) is 3.37. The molecule has 0 saturated carbocycles. The number of carbonyl (C=O) groups excluding carboxylic acids is 1. The van der Waals surface area contributed by atoms with Crippen LogP contribution in [0, 0.1) is 10.1 Å². The molecule has 1 fully saturated rings. The lowest BCUT2D eigenvalue weighted by molar-refractivity contribution is -0.385. The number of ether oxygens (including phenoxy) is 2. The highest BCUT2D eigenvalue weighted by molar-refractivity contribution is 5.95. The zero-order chi connectivity index (χ0) is 17.2. The number of morpholine rings is 1. The SMILES string of the molecule is COC(=O)c1cc(N2CCOCC2)c(C(F)(F)F)cc1[N+](=O)[O-]. The zero-order valence-corrected chi connectivity index (χ0v) is 12.1. The van der Waals surface area contributed by atoms with E-state index in [1.54, 1.807) is 0 Å². The molecule has 126 valence electrons. The van der Waals surface area contributed by atoms with Gasteiger partial charge in [0.15, 0.2) is 0 Å². The standard InChI is InChI=1S/C13H13F3N2O5/c1-22-12(19)8-6-11(17-2-4-23-5-3-17)9(13(14,15)16)7-10(8)18(20)21/h6-7H,2-5H2,1H3. The van der Waals surface area contributed by atoms with Crippen LogP contribution < -0.4 is 4.90 Å². The number of anilines is 1. The molecular formula is C13H13F3N2O5. The highest BCUT2D eigenvalue weighted by Gasteiger charge is 2.39. The second kappa shape index (κ2) is 6.41. The van der Waals surface area contributed by atoms with Crippen LogP contribution in [0.5, 0.6) is 0 Å². The smallest absolute Gasteiger partial charge is 0.418 e. The van der Waals surface area contributed by atoms with Gasteiger partial charge >= 0.3 is 12.1 Å². The van der Waals surface area contributed by atoms with Crippen molar-refractivity contribution in [2.24, 2.45) is 0 Å². The maximum atomic E-state index is 13.3. The minimum Gasteiger partial charge on any atom is -0.465 e. The number of nitrogens with zero attached hydrogens (tertiary/aromatic N) is 2. The van der Waals surface area contributed by atoms with Crippen LogP contribution in [-0.4, -0.2) is 44.3 Å².